The van der Waals surface area contributed by atoms with E-state index in [4.69, 9.17) is 11.6 Å². The lowest BCUT2D eigenvalue weighted by Crippen LogP contribution is -2.35. The highest BCUT2D eigenvalue weighted by atomic mass is 35.5. The third kappa shape index (κ3) is 3.68. The van der Waals surface area contributed by atoms with Gasteiger partial charge in [-0.3, -0.25) is 9.59 Å². The van der Waals surface area contributed by atoms with E-state index in [1.54, 1.807) is 6.20 Å². The summed E-state index contributed by atoms with van der Waals surface area (Å²) in [6.07, 6.45) is 2.43. The molecular formula is C20H19ClN4O2S. The third-order valence-corrected chi connectivity index (χ3v) is 5.83. The van der Waals surface area contributed by atoms with Crippen molar-refractivity contribution < 1.29 is 4.79 Å². The highest BCUT2D eigenvalue weighted by molar-refractivity contribution is 7.08. The van der Waals surface area contributed by atoms with Crippen LogP contribution in [0.4, 0.5) is 5.69 Å². The molecule has 0 atom stereocenters. The van der Waals surface area contributed by atoms with E-state index >= 15 is 0 Å². The molecule has 0 N–H and O–H groups in total. The lowest BCUT2D eigenvalue weighted by molar-refractivity contribution is 0.0767. The molecule has 3 aromatic rings. The molecule has 144 valence electrons. The summed E-state index contributed by atoms with van der Waals surface area (Å²) in [6.45, 7) is 2.57. The number of carbonyl (C=O) groups excluding carboxylic acids is 1. The first-order chi connectivity index (χ1) is 13.6. The molecule has 28 heavy (non-hydrogen) atoms. The minimum absolute atomic E-state index is 0.0480. The van der Waals surface area contributed by atoms with Crippen LogP contribution in [0.1, 0.15) is 16.8 Å². The van der Waals surface area contributed by atoms with Crippen molar-refractivity contribution in [3.63, 3.8) is 0 Å². The van der Waals surface area contributed by atoms with Gasteiger partial charge in [0.15, 0.2) is 0 Å². The Bertz CT molecular complexity index is 1020. The maximum Gasteiger partial charge on any atom is 0.292 e. The summed E-state index contributed by atoms with van der Waals surface area (Å²) in [6, 6.07) is 11.0. The molecule has 6 nitrogen and oxygen atoms in total. The van der Waals surface area contributed by atoms with Gasteiger partial charge < -0.3 is 9.80 Å². The second-order valence-corrected chi connectivity index (χ2v) is 7.70. The van der Waals surface area contributed by atoms with Crippen molar-refractivity contribution in [2.24, 2.45) is 0 Å². The van der Waals surface area contributed by atoms with Gasteiger partial charge in [0.05, 0.1) is 23.1 Å². The van der Waals surface area contributed by atoms with Gasteiger partial charge in [0.25, 0.3) is 11.5 Å². The van der Waals surface area contributed by atoms with E-state index in [1.807, 2.05) is 57.0 Å². The predicted molar refractivity (Wildman–Crippen MR) is 112 cm³/mol. The van der Waals surface area contributed by atoms with E-state index in [2.05, 4.69) is 5.10 Å². The first-order valence-corrected chi connectivity index (χ1v) is 10.4. The van der Waals surface area contributed by atoms with Crippen LogP contribution in [0.2, 0.25) is 5.02 Å². The van der Waals surface area contributed by atoms with E-state index < -0.39 is 0 Å². The number of thiophene rings is 1. The Labute approximate surface area is 171 Å². The molecule has 0 saturated carbocycles. The van der Waals surface area contributed by atoms with E-state index in [0.29, 0.717) is 37.6 Å². The Morgan fingerprint density at radius 2 is 1.89 bits per heavy atom. The summed E-state index contributed by atoms with van der Waals surface area (Å²) < 4.78 is 1.30. The first kappa shape index (κ1) is 18.7. The van der Waals surface area contributed by atoms with Gasteiger partial charge in [-0.1, -0.05) is 29.8 Å². The number of hydrogen-bond acceptors (Lipinski definition) is 5. The molecule has 1 fully saturated rings. The summed E-state index contributed by atoms with van der Waals surface area (Å²) in [7, 11) is 0. The molecule has 1 aromatic carbocycles. The van der Waals surface area contributed by atoms with Gasteiger partial charge in [-0.25, -0.2) is 0 Å². The van der Waals surface area contributed by atoms with Gasteiger partial charge in [0.1, 0.15) is 5.02 Å². The molecule has 3 heterocycles. The minimum atomic E-state index is -0.346. The van der Waals surface area contributed by atoms with Crippen LogP contribution in [0.5, 0.6) is 0 Å². The summed E-state index contributed by atoms with van der Waals surface area (Å²) in [4.78, 5) is 29.2. The zero-order valence-corrected chi connectivity index (χ0v) is 16.7. The van der Waals surface area contributed by atoms with E-state index in [-0.39, 0.29) is 16.5 Å². The van der Waals surface area contributed by atoms with Crippen molar-refractivity contribution in [3.8, 4) is 5.69 Å². The monoisotopic (exact) mass is 414 g/mol. The van der Waals surface area contributed by atoms with E-state index in [1.165, 1.54) is 16.0 Å². The Morgan fingerprint density at radius 3 is 2.64 bits per heavy atom. The first-order valence-electron chi connectivity index (χ1n) is 9.05. The Hall–Kier alpha value is -2.64. The number of halogens is 1. The summed E-state index contributed by atoms with van der Waals surface area (Å²) in [5, 5.41) is 8.24. The number of amides is 1. The van der Waals surface area contributed by atoms with Crippen molar-refractivity contribution in [1.82, 2.24) is 14.7 Å². The highest BCUT2D eigenvalue weighted by Gasteiger charge is 2.23. The van der Waals surface area contributed by atoms with Gasteiger partial charge in [-0.2, -0.15) is 21.1 Å². The number of anilines is 1. The molecule has 2 aromatic heterocycles. The Kier molecular flexibility index (Phi) is 5.45. The number of para-hydroxylation sites is 1. The molecule has 0 bridgehead atoms. The molecule has 1 saturated heterocycles. The second kappa shape index (κ2) is 8.16. The van der Waals surface area contributed by atoms with Crippen LogP contribution in [-0.4, -0.2) is 46.8 Å². The van der Waals surface area contributed by atoms with Gasteiger partial charge in [-0.15, -0.1) is 0 Å². The second-order valence-electron chi connectivity index (χ2n) is 6.54. The summed E-state index contributed by atoms with van der Waals surface area (Å²) in [5.41, 5.74) is 1.66. The fourth-order valence-corrected chi connectivity index (χ4v) is 4.21. The van der Waals surface area contributed by atoms with E-state index in [0.717, 1.165) is 12.0 Å². The van der Waals surface area contributed by atoms with Crippen molar-refractivity contribution in [2.75, 3.05) is 31.1 Å². The number of benzene rings is 1. The lowest BCUT2D eigenvalue weighted by Gasteiger charge is -2.24. The van der Waals surface area contributed by atoms with Crippen LogP contribution in [0.25, 0.3) is 5.69 Å². The Balaban J connectivity index is 1.54. The van der Waals surface area contributed by atoms with Crippen LogP contribution < -0.4 is 10.5 Å². The van der Waals surface area contributed by atoms with Crippen LogP contribution in [-0.2, 0) is 0 Å². The van der Waals surface area contributed by atoms with Crippen LogP contribution in [0, 0.1) is 0 Å². The Morgan fingerprint density at radius 1 is 1.07 bits per heavy atom. The molecular weight excluding hydrogens is 396 g/mol. The largest absolute Gasteiger partial charge is 0.367 e. The number of rotatable bonds is 3. The van der Waals surface area contributed by atoms with E-state index in [9.17, 15) is 9.59 Å². The van der Waals surface area contributed by atoms with Crippen molar-refractivity contribution in [2.45, 2.75) is 6.42 Å². The lowest BCUT2D eigenvalue weighted by atomic mass is 10.3. The average molecular weight is 415 g/mol. The molecule has 0 spiro atoms. The molecule has 1 amide bonds. The summed E-state index contributed by atoms with van der Waals surface area (Å²) in [5.74, 6) is 0.0480. The molecule has 1 aliphatic heterocycles. The maximum absolute atomic E-state index is 12.7. The van der Waals surface area contributed by atoms with Gasteiger partial charge in [-0.05, 0) is 30.0 Å². The SMILES string of the molecule is O=C(c1ccsc1)N1CCCN(c2cnn(-c3ccccc3)c(=O)c2Cl)CC1. The van der Waals surface area contributed by atoms with Crippen LogP contribution >= 0.6 is 22.9 Å². The number of carbonyl (C=O) groups is 1. The van der Waals surface area contributed by atoms with Crippen LogP contribution in [0.15, 0.2) is 58.1 Å². The standard InChI is InChI=1S/C20H19ClN4O2S/c21-18-17(13-22-25(20(18)27)16-5-2-1-3-6-16)23-8-4-9-24(11-10-23)19(26)15-7-12-28-14-15/h1-3,5-7,12-14H,4,8-11H2. The number of nitrogens with zero attached hydrogens (tertiary/aromatic N) is 4. The molecule has 8 heteroatoms. The third-order valence-electron chi connectivity index (χ3n) is 4.79. The maximum atomic E-state index is 12.7. The summed E-state index contributed by atoms with van der Waals surface area (Å²) >= 11 is 7.94. The van der Waals surface area contributed by atoms with Crippen molar-refractivity contribution in [1.29, 1.82) is 0 Å². The molecule has 0 radical (unpaired) electrons. The molecule has 4 rings (SSSR count). The van der Waals surface area contributed by atoms with Gasteiger partial charge >= 0.3 is 0 Å². The fourth-order valence-electron chi connectivity index (χ4n) is 3.33. The van der Waals surface area contributed by atoms with Crippen molar-refractivity contribution >= 4 is 34.5 Å². The number of hydrogen-bond donors (Lipinski definition) is 0. The zero-order valence-electron chi connectivity index (χ0n) is 15.1. The topological polar surface area (TPSA) is 58.4 Å². The van der Waals surface area contributed by atoms with Gasteiger partial charge in [0.2, 0.25) is 0 Å². The van der Waals surface area contributed by atoms with Gasteiger partial charge in [0, 0.05) is 31.6 Å². The molecule has 1 aliphatic rings. The molecule has 0 unspecified atom stereocenters. The predicted octanol–water partition coefficient (Wildman–Crippen LogP) is 3.30. The quantitative estimate of drug-likeness (QED) is 0.659. The average Bonchev–Trinajstić information content (AvgIpc) is 3.15. The fraction of sp³-hybridized carbons (Fsp3) is 0.250. The normalized spacial score (nSPS) is 14.8. The smallest absolute Gasteiger partial charge is 0.292 e. The highest BCUT2D eigenvalue weighted by Crippen LogP contribution is 2.23. The van der Waals surface area contributed by atoms with Crippen molar-refractivity contribution in [3.05, 3.63) is 74.3 Å². The molecule has 0 aliphatic carbocycles. The number of aromatic nitrogens is 2. The van der Waals surface area contributed by atoms with Crippen LogP contribution in [0.3, 0.4) is 0 Å². The zero-order chi connectivity index (χ0) is 19.5. The minimum Gasteiger partial charge on any atom is -0.367 e.